The number of benzene rings is 1. The van der Waals surface area contributed by atoms with Crippen molar-refractivity contribution in [3.8, 4) is 0 Å². The van der Waals surface area contributed by atoms with Gasteiger partial charge in [0.05, 0.1) is 0 Å². The van der Waals surface area contributed by atoms with Crippen molar-refractivity contribution in [1.82, 2.24) is 4.98 Å². The molecule has 3 rings (SSSR count). The fraction of sp³-hybridized carbons (Fsp3) is 0.214. The van der Waals surface area contributed by atoms with Gasteiger partial charge < -0.3 is 15.5 Å². The zero-order chi connectivity index (χ0) is 13.2. The van der Waals surface area contributed by atoms with Crippen molar-refractivity contribution in [2.24, 2.45) is 0 Å². The van der Waals surface area contributed by atoms with Crippen molar-refractivity contribution < 1.29 is 4.42 Å². The average Bonchev–Trinajstić information content (AvgIpc) is 2.97. The van der Waals surface area contributed by atoms with Gasteiger partial charge in [0, 0.05) is 17.8 Å². The van der Waals surface area contributed by atoms with Crippen molar-refractivity contribution in [3.05, 3.63) is 40.6 Å². The summed E-state index contributed by atoms with van der Waals surface area (Å²) in [7, 11) is 0. The van der Waals surface area contributed by atoms with Gasteiger partial charge in [-0.25, -0.2) is 0 Å². The lowest BCUT2D eigenvalue weighted by Gasteiger charge is -2.10. The summed E-state index contributed by atoms with van der Waals surface area (Å²) in [6.07, 6.45) is 0.949. The van der Waals surface area contributed by atoms with Crippen LogP contribution in [0.25, 0.3) is 11.1 Å². The monoisotopic (exact) mass is 273 g/mol. The van der Waals surface area contributed by atoms with Gasteiger partial charge in [0.15, 0.2) is 5.58 Å². The van der Waals surface area contributed by atoms with Crippen LogP contribution < -0.4 is 11.1 Å². The Balaban J connectivity index is 1.74. The smallest absolute Gasteiger partial charge is 0.295 e. The molecule has 3 aromatic rings. The van der Waals surface area contributed by atoms with Crippen LogP contribution in [0.1, 0.15) is 12.5 Å². The molecule has 0 radical (unpaired) electrons. The highest BCUT2D eigenvalue weighted by Gasteiger charge is 2.09. The summed E-state index contributed by atoms with van der Waals surface area (Å²) in [6.45, 7) is 2.11. The van der Waals surface area contributed by atoms with Crippen LogP contribution in [-0.2, 0) is 6.42 Å². The van der Waals surface area contributed by atoms with Crippen molar-refractivity contribution in [1.29, 1.82) is 0 Å². The summed E-state index contributed by atoms with van der Waals surface area (Å²) in [6, 6.07) is 8.42. The Bertz CT molecular complexity index is 675. The summed E-state index contributed by atoms with van der Waals surface area (Å²) < 4.78 is 5.64. The maximum absolute atomic E-state index is 5.72. The highest BCUT2D eigenvalue weighted by molar-refractivity contribution is 7.07. The molecule has 0 spiro atoms. The number of nitrogens with zero attached hydrogens (tertiary/aromatic N) is 1. The molecular formula is C14H15N3OS. The first-order valence-corrected chi connectivity index (χ1v) is 7.08. The minimum atomic E-state index is 0.264. The summed E-state index contributed by atoms with van der Waals surface area (Å²) in [5.74, 6) is 0. The molecule has 2 aromatic heterocycles. The molecular weight excluding hydrogens is 258 g/mol. The summed E-state index contributed by atoms with van der Waals surface area (Å²) in [5.41, 5.74) is 9.26. The lowest BCUT2D eigenvalue weighted by Crippen LogP contribution is -2.17. The number of rotatable bonds is 4. The van der Waals surface area contributed by atoms with Gasteiger partial charge in [-0.15, -0.1) is 0 Å². The van der Waals surface area contributed by atoms with Crippen molar-refractivity contribution in [3.63, 3.8) is 0 Å². The fourth-order valence-corrected chi connectivity index (χ4v) is 2.71. The number of fused-ring (bicyclic) bond motifs is 1. The van der Waals surface area contributed by atoms with E-state index in [-0.39, 0.29) is 6.04 Å². The average molecular weight is 273 g/mol. The number of nitrogen functional groups attached to an aromatic ring is 1. The standard InChI is InChI=1S/C14H15N3OS/c1-9(6-10-4-5-19-8-10)16-14-17-12-3-2-11(15)7-13(12)18-14/h2-5,7-9H,6,15H2,1H3,(H,16,17). The third-order valence-electron chi connectivity index (χ3n) is 2.90. The van der Waals surface area contributed by atoms with Crippen LogP contribution in [0.2, 0.25) is 0 Å². The van der Waals surface area contributed by atoms with Gasteiger partial charge in [-0.05, 0) is 47.9 Å². The minimum absolute atomic E-state index is 0.264. The zero-order valence-corrected chi connectivity index (χ0v) is 11.4. The summed E-state index contributed by atoms with van der Waals surface area (Å²) in [4.78, 5) is 4.39. The number of hydrogen-bond acceptors (Lipinski definition) is 5. The molecule has 1 unspecified atom stereocenters. The second-order valence-corrected chi connectivity index (χ2v) is 5.41. The predicted octanol–water partition coefficient (Wildman–Crippen LogP) is 3.51. The minimum Gasteiger partial charge on any atom is -0.423 e. The van der Waals surface area contributed by atoms with E-state index in [2.05, 4.69) is 34.1 Å². The first-order valence-electron chi connectivity index (χ1n) is 6.14. The number of nitrogens with two attached hydrogens (primary N) is 1. The third-order valence-corrected chi connectivity index (χ3v) is 3.64. The van der Waals surface area contributed by atoms with E-state index in [0.29, 0.717) is 17.3 Å². The Kier molecular flexibility index (Phi) is 3.13. The van der Waals surface area contributed by atoms with Crippen molar-refractivity contribution in [2.45, 2.75) is 19.4 Å². The molecule has 0 fully saturated rings. The van der Waals surface area contributed by atoms with E-state index in [1.165, 1.54) is 5.56 Å². The molecule has 2 heterocycles. The second kappa shape index (κ2) is 4.93. The topological polar surface area (TPSA) is 64.1 Å². The normalized spacial score (nSPS) is 12.7. The van der Waals surface area contributed by atoms with Gasteiger partial charge in [0.2, 0.25) is 0 Å². The van der Waals surface area contributed by atoms with E-state index < -0.39 is 0 Å². The molecule has 0 saturated carbocycles. The largest absolute Gasteiger partial charge is 0.423 e. The Morgan fingerprint density at radius 3 is 3.11 bits per heavy atom. The summed E-state index contributed by atoms with van der Waals surface area (Å²) >= 11 is 1.71. The van der Waals surface area contributed by atoms with E-state index in [0.717, 1.165) is 11.9 Å². The third kappa shape index (κ3) is 2.71. The van der Waals surface area contributed by atoms with Crippen LogP contribution in [0, 0.1) is 0 Å². The van der Waals surface area contributed by atoms with Crippen LogP contribution in [0.3, 0.4) is 0 Å². The summed E-state index contributed by atoms with van der Waals surface area (Å²) in [5, 5.41) is 7.52. The molecule has 0 aliphatic heterocycles. The molecule has 98 valence electrons. The Labute approximate surface area is 115 Å². The molecule has 1 atom stereocenters. The van der Waals surface area contributed by atoms with Crippen LogP contribution in [-0.4, -0.2) is 11.0 Å². The van der Waals surface area contributed by atoms with Gasteiger partial charge in [0.25, 0.3) is 6.01 Å². The first-order chi connectivity index (χ1) is 9.20. The van der Waals surface area contributed by atoms with Gasteiger partial charge in [0.1, 0.15) is 5.52 Å². The van der Waals surface area contributed by atoms with E-state index >= 15 is 0 Å². The number of nitrogens with one attached hydrogen (secondary N) is 1. The molecule has 19 heavy (non-hydrogen) atoms. The lowest BCUT2D eigenvalue weighted by atomic mass is 10.1. The molecule has 1 aromatic carbocycles. The Morgan fingerprint density at radius 1 is 1.42 bits per heavy atom. The number of oxazole rings is 1. The first kappa shape index (κ1) is 12.0. The van der Waals surface area contributed by atoms with Gasteiger partial charge >= 0.3 is 0 Å². The SMILES string of the molecule is CC(Cc1ccsc1)Nc1nc2ccc(N)cc2o1. The van der Waals surface area contributed by atoms with Crippen LogP contribution >= 0.6 is 11.3 Å². The molecule has 0 bridgehead atoms. The van der Waals surface area contributed by atoms with Crippen LogP contribution in [0.15, 0.2) is 39.4 Å². The van der Waals surface area contributed by atoms with E-state index in [1.807, 2.05) is 12.1 Å². The van der Waals surface area contributed by atoms with E-state index in [9.17, 15) is 0 Å². The predicted molar refractivity (Wildman–Crippen MR) is 79.5 cm³/mol. The maximum atomic E-state index is 5.72. The number of hydrogen-bond donors (Lipinski definition) is 2. The van der Waals surface area contributed by atoms with E-state index in [4.69, 9.17) is 10.2 Å². The molecule has 3 N–H and O–H groups in total. The second-order valence-electron chi connectivity index (χ2n) is 4.63. The number of aromatic nitrogens is 1. The molecule has 0 amide bonds. The highest BCUT2D eigenvalue weighted by atomic mass is 32.1. The van der Waals surface area contributed by atoms with Crippen LogP contribution in [0.4, 0.5) is 11.7 Å². The number of anilines is 2. The molecule has 5 heteroatoms. The van der Waals surface area contributed by atoms with Crippen molar-refractivity contribution >= 4 is 34.1 Å². The maximum Gasteiger partial charge on any atom is 0.295 e. The molecule has 0 saturated heterocycles. The van der Waals surface area contributed by atoms with Crippen LogP contribution in [0.5, 0.6) is 0 Å². The molecule has 0 aliphatic rings. The highest BCUT2D eigenvalue weighted by Crippen LogP contribution is 2.22. The van der Waals surface area contributed by atoms with Crippen molar-refractivity contribution in [2.75, 3.05) is 11.1 Å². The Hall–Kier alpha value is -2.01. The quantitative estimate of drug-likeness (QED) is 0.714. The molecule has 4 nitrogen and oxygen atoms in total. The van der Waals surface area contributed by atoms with Gasteiger partial charge in [-0.2, -0.15) is 16.3 Å². The van der Waals surface area contributed by atoms with E-state index in [1.54, 1.807) is 17.4 Å². The zero-order valence-electron chi connectivity index (χ0n) is 10.6. The Morgan fingerprint density at radius 2 is 2.32 bits per heavy atom. The van der Waals surface area contributed by atoms with Gasteiger partial charge in [-0.3, -0.25) is 0 Å². The molecule has 0 aliphatic carbocycles. The lowest BCUT2D eigenvalue weighted by molar-refractivity contribution is 0.599. The van der Waals surface area contributed by atoms with Gasteiger partial charge in [-0.1, -0.05) is 0 Å². The fourth-order valence-electron chi connectivity index (χ4n) is 2.03. The number of thiophene rings is 1.